The molecule has 74 valence electrons. The van der Waals surface area contributed by atoms with Gasteiger partial charge in [0.15, 0.2) is 6.10 Å². The first-order valence-electron chi connectivity index (χ1n) is 4.30. The fraction of sp³-hybridized carbons (Fsp3) is 0.364. The molecule has 3 nitrogen and oxygen atoms in total. The van der Waals surface area contributed by atoms with Crippen LogP contribution < -0.4 is 0 Å². The monoisotopic (exact) mass is 192 g/mol. The van der Waals surface area contributed by atoms with Crippen molar-refractivity contribution in [3.8, 4) is 12.3 Å². The van der Waals surface area contributed by atoms with Gasteiger partial charge in [-0.3, -0.25) is 4.79 Å². The number of ether oxygens (including phenoxy) is 1. The van der Waals surface area contributed by atoms with Crippen LogP contribution in [0.4, 0.5) is 0 Å². The largest absolute Gasteiger partial charge is 0.462 e. The maximum absolute atomic E-state index is 10.8. The molecule has 1 rings (SSSR count). The molecule has 0 fully saturated rings. The molecule has 0 radical (unpaired) electrons. The van der Waals surface area contributed by atoms with Crippen LogP contribution in [-0.2, 0) is 9.53 Å². The number of rotatable bonds is 3. The highest BCUT2D eigenvalue weighted by Crippen LogP contribution is 2.22. The van der Waals surface area contributed by atoms with E-state index < -0.39 is 6.10 Å². The first-order valence-corrected chi connectivity index (χ1v) is 4.30. The van der Waals surface area contributed by atoms with E-state index in [-0.39, 0.29) is 5.97 Å². The fourth-order valence-electron chi connectivity index (χ4n) is 1.13. The molecule has 1 unspecified atom stereocenters. The summed E-state index contributed by atoms with van der Waals surface area (Å²) in [5, 5.41) is 0. The minimum absolute atomic E-state index is 0.326. The van der Waals surface area contributed by atoms with E-state index in [9.17, 15) is 4.79 Å². The van der Waals surface area contributed by atoms with E-state index in [2.05, 4.69) is 5.92 Å². The van der Waals surface area contributed by atoms with Gasteiger partial charge in [-0.15, -0.1) is 12.3 Å². The number of hydrogen-bond acceptors (Lipinski definition) is 3. The number of aryl methyl sites for hydroxylation is 1. The Kier molecular flexibility index (Phi) is 3.35. The maximum atomic E-state index is 10.8. The van der Waals surface area contributed by atoms with Gasteiger partial charge in [-0.2, -0.15) is 0 Å². The van der Waals surface area contributed by atoms with Crippen LogP contribution in [0.1, 0.15) is 31.0 Å². The predicted molar refractivity (Wildman–Crippen MR) is 51.4 cm³/mol. The summed E-state index contributed by atoms with van der Waals surface area (Å²) in [6.07, 6.45) is 5.03. The van der Waals surface area contributed by atoms with Crippen LogP contribution in [0.5, 0.6) is 0 Å². The van der Waals surface area contributed by atoms with Crippen LogP contribution in [0.15, 0.2) is 16.5 Å². The Morgan fingerprint density at radius 2 is 2.43 bits per heavy atom. The number of carbonyl (C=O) groups excluding carboxylic acids is 1. The Hall–Kier alpha value is -1.69. The van der Waals surface area contributed by atoms with Crippen LogP contribution in [-0.4, -0.2) is 5.97 Å². The zero-order chi connectivity index (χ0) is 10.6. The van der Waals surface area contributed by atoms with E-state index in [1.807, 2.05) is 13.0 Å². The van der Waals surface area contributed by atoms with Gasteiger partial charge in [0.25, 0.3) is 0 Å². The van der Waals surface area contributed by atoms with Crippen molar-refractivity contribution >= 4 is 5.97 Å². The van der Waals surface area contributed by atoms with Crippen molar-refractivity contribution in [3.05, 3.63) is 23.7 Å². The average molecular weight is 192 g/mol. The van der Waals surface area contributed by atoms with Crippen molar-refractivity contribution in [2.24, 2.45) is 0 Å². The molecule has 1 atom stereocenters. The Labute approximate surface area is 83.1 Å². The summed E-state index contributed by atoms with van der Waals surface area (Å²) in [4.78, 5) is 10.8. The van der Waals surface area contributed by atoms with E-state index in [1.165, 1.54) is 6.92 Å². The molecule has 14 heavy (non-hydrogen) atoms. The van der Waals surface area contributed by atoms with Crippen molar-refractivity contribution < 1.29 is 13.9 Å². The van der Waals surface area contributed by atoms with E-state index in [0.717, 1.165) is 5.76 Å². The molecule has 0 aliphatic heterocycles. The third kappa shape index (κ3) is 2.67. The average Bonchev–Trinajstić information content (AvgIpc) is 2.50. The lowest BCUT2D eigenvalue weighted by Crippen LogP contribution is -2.06. The van der Waals surface area contributed by atoms with E-state index in [4.69, 9.17) is 15.6 Å². The highest BCUT2D eigenvalue weighted by molar-refractivity contribution is 5.66. The number of terminal acetylenes is 1. The first-order chi connectivity index (χ1) is 6.63. The van der Waals surface area contributed by atoms with Crippen LogP contribution >= 0.6 is 0 Å². The number of hydrogen-bond donors (Lipinski definition) is 0. The molecular weight excluding hydrogens is 180 g/mol. The maximum Gasteiger partial charge on any atom is 0.303 e. The minimum atomic E-state index is -0.466. The van der Waals surface area contributed by atoms with Crippen LogP contribution in [0.2, 0.25) is 0 Å². The molecule has 0 spiro atoms. The highest BCUT2D eigenvalue weighted by Gasteiger charge is 2.16. The normalized spacial score (nSPS) is 11.8. The summed E-state index contributed by atoms with van der Waals surface area (Å²) in [7, 11) is 0. The van der Waals surface area contributed by atoms with Gasteiger partial charge in [0.2, 0.25) is 0 Å². The Balaban J connectivity index is 2.78. The molecular formula is C11H12O3. The van der Waals surface area contributed by atoms with Gasteiger partial charge in [0, 0.05) is 6.92 Å². The Morgan fingerprint density at radius 3 is 2.86 bits per heavy atom. The van der Waals surface area contributed by atoms with Crippen LogP contribution in [0.25, 0.3) is 0 Å². The van der Waals surface area contributed by atoms with Gasteiger partial charge < -0.3 is 9.15 Å². The SMILES string of the molecule is C#CCC(OC(C)=O)c1ccc(C)o1. The molecule has 0 saturated carbocycles. The molecule has 0 amide bonds. The lowest BCUT2D eigenvalue weighted by atomic mass is 10.2. The van der Waals surface area contributed by atoms with E-state index in [0.29, 0.717) is 12.2 Å². The summed E-state index contributed by atoms with van der Waals surface area (Å²) in [5.41, 5.74) is 0. The fourth-order valence-corrected chi connectivity index (χ4v) is 1.13. The summed E-state index contributed by atoms with van der Waals surface area (Å²) < 4.78 is 10.3. The highest BCUT2D eigenvalue weighted by atomic mass is 16.5. The third-order valence-corrected chi connectivity index (χ3v) is 1.69. The minimum Gasteiger partial charge on any atom is -0.462 e. The van der Waals surface area contributed by atoms with Gasteiger partial charge in [-0.05, 0) is 19.1 Å². The summed E-state index contributed by atoms with van der Waals surface area (Å²) >= 11 is 0. The summed E-state index contributed by atoms with van der Waals surface area (Å²) in [5.74, 6) is 3.45. The smallest absolute Gasteiger partial charge is 0.303 e. The Bertz CT molecular complexity index is 357. The molecule has 1 heterocycles. The van der Waals surface area contributed by atoms with Gasteiger partial charge in [-0.25, -0.2) is 0 Å². The van der Waals surface area contributed by atoms with Gasteiger partial charge >= 0.3 is 5.97 Å². The molecule has 0 aromatic carbocycles. The Morgan fingerprint density at radius 1 is 1.71 bits per heavy atom. The molecule has 3 heteroatoms. The molecule has 1 aromatic heterocycles. The first kappa shape index (κ1) is 10.4. The molecule has 0 bridgehead atoms. The molecule has 0 saturated heterocycles. The number of esters is 1. The quantitative estimate of drug-likeness (QED) is 0.544. The standard InChI is InChI=1S/C11H12O3/c1-4-5-10(14-9(3)12)11-7-6-8(2)13-11/h1,6-7,10H,5H2,2-3H3. The number of carbonyl (C=O) groups is 1. The second kappa shape index (κ2) is 4.52. The van der Waals surface area contributed by atoms with Gasteiger partial charge in [0.1, 0.15) is 11.5 Å². The second-order valence-corrected chi connectivity index (χ2v) is 2.95. The molecule has 1 aromatic rings. The van der Waals surface area contributed by atoms with E-state index in [1.54, 1.807) is 6.07 Å². The van der Waals surface area contributed by atoms with Crippen molar-refractivity contribution in [1.82, 2.24) is 0 Å². The van der Waals surface area contributed by atoms with Crippen molar-refractivity contribution in [1.29, 1.82) is 0 Å². The zero-order valence-electron chi connectivity index (χ0n) is 8.24. The summed E-state index contributed by atoms with van der Waals surface area (Å²) in [6.45, 7) is 3.17. The molecule has 0 aliphatic rings. The zero-order valence-corrected chi connectivity index (χ0v) is 8.24. The van der Waals surface area contributed by atoms with Crippen LogP contribution in [0.3, 0.4) is 0 Å². The van der Waals surface area contributed by atoms with Crippen LogP contribution in [0, 0.1) is 19.3 Å². The molecule has 0 aliphatic carbocycles. The predicted octanol–water partition coefficient (Wildman–Crippen LogP) is 2.22. The third-order valence-electron chi connectivity index (χ3n) is 1.69. The van der Waals surface area contributed by atoms with Gasteiger partial charge in [-0.1, -0.05) is 0 Å². The van der Waals surface area contributed by atoms with Gasteiger partial charge in [0.05, 0.1) is 6.42 Å². The number of furan rings is 1. The van der Waals surface area contributed by atoms with Crippen molar-refractivity contribution in [2.75, 3.05) is 0 Å². The second-order valence-electron chi connectivity index (χ2n) is 2.95. The van der Waals surface area contributed by atoms with Crippen molar-refractivity contribution in [3.63, 3.8) is 0 Å². The lowest BCUT2D eigenvalue weighted by molar-refractivity contribution is -0.147. The molecule has 0 N–H and O–H groups in total. The van der Waals surface area contributed by atoms with E-state index >= 15 is 0 Å². The topological polar surface area (TPSA) is 39.4 Å². The lowest BCUT2D eigenvalue weighted by Gasteiger charge is -2.11. The summed E-state index contributed by atoms with van der Waals surface area (Å²) in [6, 6.07) is 3.57. The van der Waals surface area contributed by atoms with Crippen molar-refractivity contribution in [2.45, 2.75) is 26.4 Å².